The van der Waals surface area contributed by atoms with Gasteiger partial charge < -0.3 is 28.8 Å². The summed E-state index contributed by atoms with van der Waals surface area (Å²) in [6, 6.07) is 11.5. The van der Waals surface area contributed by atoms with E-state index in [4.69, 9.17) is 18.6 Å². The molecule has 2 N–H and O–H groups in total. The molecule has 0 bridgehead atoms. The van der Waals surface area contributed by atoms with E-state index in [1.165, 1.54) is 44.8 Å². The largest absolute Gasteiger partial charge is 0.504 e. The van der Waals surface area contributed by atoms with Crippen molar-refractivity contribution in [2.45, 2.75) is 6.54 Å². The van der Waals surface area contributed by atoms with Gasteiger partial charge in [-0.15, -0.1) is 5.10 Å². The van der Waals surface area contributed by atoms with Crippen molar-refractivity contribution in [2.75, 3.05) is 21.3 Å². The number of methoxy groups -OCH3 is 3. The topological polar surface area (TPSA) is 126 Å². The zero-order chi connectivity index (χ0) is 25.7. The fraction of sp³-hybridized carbons (Fsp3) is 0.160. The number of carbonyl (C=O) groups is 1. The van der Waals surface area contributed by atoms with Crippen LogP contribution in [0.25, 0.3) is 6.08 Å². The van der Waals surface area contributed by atoms with Crippen molar-refractivity contribution in [3.8, 4) is 28.7 Å². The van der Waals surface area contributed by atoms with Crippen molar-refractivity contribution in [2.24, 2.45) is 10.2 Å². The summed E-state index contributed by atoms with van der Waals surface area (Å²) in [5.74, 6) is 0.942. The molecule has 0 radical (unpaired) electrons. The molecule has 1 fully saturated rings. The normalized spacial score (nSPS) is 15.9. The van der Waals surface area contributed by atoms with Gasteiger partial charge in [-0.2, -0.15) is 5.10 Å². The van der Waals surface area contributed by atoms with E-state index >= 15 is 0 Å². The molecule has 0 atom stereocenters. The molecule has 1 aliphatic rings. The lowest BCUT2D eigenvalue weighted by molar-refractivity contribution is -0.122. The lowest BCUT2D eigenvalue weighted by Crippen LogP contribution is -2.28. The average Bonchev–Trinajstić information content (AvgIpc) is 3.50. The van der Waals surface area contributed by atoms with Gasteiger partial charge in [0.2, 0.25) is 5.75 Å². The zero-order valence-electron chi connectivity index (χ0n) is 19.7. The summed E-state index contributed by atoms with van der Waals surface area (Å²) in [7, 11) is 4.32. The summed E-state index contributed by atoms with van der Waals surface area (Å²) in [6.45, 7) is 0.171. The molecule has 186 valence electrons. The number of benzene rings is 2. The van der Waals surface area contributed by atoms with E-state index in [-0.39, 0.29) is 35.4 Å². The molecule has 3 aromatic rings. The molecular weight excluding hydrogens is 486 g/mol. The number of amides is 1. The van der Waals surface area contributed by atoms with Crippen LogP contribution in [0, 0.1) is 0 Å². The molecule has 2 heterocycles. The number of thioether (sulfide) groups is 1. The van der Waals surface area contributed by atoms with Gasteiger partial charge in [0.1, 0.15) is 5.76 Å². The summed E-state index contributed by atoms with van der Waals surface area (Å²) in [4.78, 5) is 15.1. The molecular formula is C25H23N3O7S. The van der Waals surface area contributed by atoms with Gasteiger partial charge in [0.25, 0.3) is 5.91 Å². The summed E-state index contributed by atoms with van der Waals surface area (Å²) in [5, 5.41) is 28.7. The fourth-order valence-electron chi connectivity index (χ4n) is 3.35. The van der Waals surface area contributed by atoms with Crippen LogP contribution < -0.4 is 14.2 Å². The maximum atomic E-state index is 13.2. The van der Waals surface area contributed by atoms with E-state index in [1.54, 1.807) is 42.5 Å². The van der Waals surface area contributed by atoms with Gasteiger partial charge in [0.05, 0.1) is 45.3 Å². The Kier molecular flexibility index (Phi) is 7.50. The lowest BCUT2D eigenvalue weighted by atomic mass is 10.2. The summed E-state index contributed by atoms with van der Waals surface area (Å²) in [5.41, 5.74) is 1.25. The van der Waals surface area contributed by atoms with Crippen LogP contribution in [-0.4, -0.2) is 53.7 Å². The highest BCUT2D eigenvalue weighted by molar-refractivity contribution is 8.18. The van der Waals surface area contributed by atoms with Gasteiger partial charge in [-0.3, -0.25) is 9.69 Å². The van der Waals surface area contributed by atoms with Gasteiger partial charge in [-0.05, 0) is 59.8 Å². The molecule has 1 amide bonds. The van der Waals surface area contributed by atoms with Gasteiger partial charge >= 0.3 is 0 Å². The Morgan fingerprint density at radius 2 is 1.69 bits per heavy atom. The molecule has 2 aromatic carbocycles. The number of ether oxygens (including phenoxy) is 3. The molecule has 1 aromatic heterocycles. The maximum absolute atomic E-state index is 13.2. The van der Waals surface area contributed by atoms with Crippen LogP contribution in [0.3, 0.4) is 0 Å². The van der Waals surface area contributed by atoms with Crippen LogP contribution in [-0.2, 0) is 11.3 Å². The number of hydrogen-bond donors (Lipinski definition) is 2. The first kappa shape index (κ1) is 24.7. The third-order valence-electron chi connectivity index (χ3n) is 5.14. The predicted molar refractivity (Wildman–Crippen MR) is 136 cm³/mol. The standard InChI is InChI=1S/C25H23N3O7S/c1-32-19-9-15(6-7-18(19)29)12-22-24(31)28(14-17-5-4-8-35-17)25(36-22)27-26-13-16-10-20(33-2)23(30)21(11-16)34-3/h4-13,29-30H,14H2,1-3H3/b22-12-,26-13+,27-25-. The molecule has 10 nitrogen and oxygen atoms in total. The minimum absolute atomic E-state index is 0.00331. The van der Waals surface area contributed by atoms with E-state index in [9.17, 15) is 15.0 Å². The summed E-state index contributed by atoms with van der Waals surface area (Å²) < 4.78 is 20.9. The number of phenols is 2. The van der Waals surface area contributed by atoms with Crippen LogP contribution in [0.1, 0.15) is 16.9 Å². The van der Waals surface area contributed by atoms with Crippen molar-refractivity contribution in [3.63, 3.8) is 0 Å². The van der Waals surface area contributed by atoms with Crippen LogP contribution in [0.15, 0.2) is 68.3 Å². The number of furan rings is 1. The Morgan fingerprint density at radius 1 is 1.00 bits per heavy atom. The van der Waals surface area contributed by atoms with Gasteiger partial charge in [-0.1, -0.05) is 6.07 Å². The van der Waals surface area contributed by atoms with E-state index < -0.39 is 0 Å². The number of amidine groups is 1. The third kappa shape index (κ3) is 5.31. The fourth-order valence-corrected chi connectivity index (χ4v) is 4.28. The Morgan fingerprint density at radius 3 is 2.33 bits per heavy atom. The Hall–Kier alpha value is -4.38. The van der Waals surface area contributed by atoms with Gasteiger partial charge in [0.15, 0.2) is 28.2 Å². The van der Waals surface area contributed by atoms with E-state index in [0.29, 0.717) is 32.7 Å². The molecule has 36 heavy (non-hydrogen) atoms. The second-order valence-electron chi connectivity index (χ2n) is 7.41. The van der Waals surface area contributed by atoms with Crippen molar-refractivity contribution < 1.29 is 33.6 Å². The highest BCUT2D eigenvalue weighted by Gasteiger charge is 2.34. The zero-order valence-corrected chi connectivity index (χ0v) is 20.5. The van der Waals surface area contributed by atoms with E-state index in [2.05, 4.69) is 10.2 Å². The number of hydrogen-bond acceptors (Lipinski definition) is 10. The molecule has 0 unspecified atom stereocenters. The molecule has 0 spiro atoms. The number of nitrogens with zero attached hydrogens (tertiary/aromatic N) is 3. The van der Waals surface area contributed by atoms with E-state index in [0.717, 1.165) is 11.8 Å². The van der Waals surface area contributed by atoms with Crippen LogP contribution in [0.5, 0.6) is 28.7 Å². The number of carbonyl (C=O) groups excluding carboxylic acids is 1. The molecule has 0 aliphatic carbocycles. The maximum Gasteiger partial charge on any atom is 0.267 e. The Labute approximate surface area is 211 Å². The SMILES string of the molecule is COc1cc(/C=C2\S/C(=N\N=C\c3cc(OC)c(O)c(OC)c3)N(Cc3ccco3)C2=O)ccc1O. The minimum atomic E-state index is -0.273. The lowest BCUT2D eigenvalue weighted by Gasteiger charge is -2.12. The van der Waals surface area contributed by atoms with Gasteiger partial charge in [0, 0.05) is 5.56 Å². The van der Waals surface area contributed by atoms with Crippen LogP contribution in [0.4, 0.5) is 0 Å². The highest BCUT2D eigenvalue weighted by Crippen LogP contribution is 2.37. The van der Waals surface area contributed by atoms with Crippen LogP contribution in [0.2, 0.25) is 0 Å². The Balaban J connectivity index is 1.65. The summed E-state index contributed by atoms with van der Waals surface area (Å²) in [6.07, 6.45) is 4.68. The molecule has 1 saturated heterocycles. The highest BCUT2D eigenvalue weighted by atomic mass is 32.2. The van der Waals surface area contributed by atoms with Crippen molar-refractivity contribution in [1.82, 2.24) is 4.90 Å². The molecule has 0 saturated carbocycles. The first-order valence-corrected chi connectivity index (χ1v) is 11.4. The Bertz CT molecular complexity index is 1320. The number of phenolic OH excluding ortho intramolecular Hbond substituents is 2. The molecule has 1 aliphatic heterocycles. The van der Waals surface area contributed by atoms with E-state index in [1.807, 2.05) is 0 Å². The smallest absolute Gasteiger partial charge is 0.267 e. The van der Waals surface area contributed by atoms with Crippen molar-refractivity contribution >= 4 is 35.1 Å². The van der Waals surface area contributed by atoms with Gasteiger partial charge in [-0.25, -0.2) is 0 Å². The van der Waals surface area contributed by atoms with Crippen LogP contribution >= 0.6 is 11.8 Å². The number of rotatable bonds is 8. The van der Waals surface area contributed by atoms with Crippen molar-refractivity contribution in [3.05, 3.63) is 70.5 Å². The summed E-state index contributed by atoms with van der Waals surface area (Å²) >= 11 is 1.15. The quantitative estimate of drug-likeness (QED) is 0.263. The number of aromatic hydroxyl groups is 2. The minimum Gasteiger partial charge on any atom is -0.504 e. The second kappa shape index (κ2) is 10.9. The predicted octanol–water partition coefficient (Wildman–Crippen LogP) is 4.22. The third-order valence-corrected chi connectivity index (χ3v) is 6.13. The van der Waals surface area contributed by atoms with Crippen molar-refractivity contribution in [1.29, 1.82) is 0 Å². The monoisotopic (exact) mass is 509 g/mol. The molecule has 11 heteroatoms. The molecule has 4 rings (SSSR count). The first-order valence-electron chi connectivity index (χ1n) is 10.6. The average molecular weight is 510 g/mol. The first-order chi connectivity index (χ1) is 17.4. The second-order valence-corrected chi connectivity index (χ2v) is 8.42.